The second-order valence-corrected chi connectivity index (χ2v) is 7.31. The molecule has 1 aromatic heterocycles. The normalized spacial score (nSPS) is 15.6. The first kappa shape index (κ1) is 18.4. The molecule has 0 atom stereocenters. The molecule has 4 rings (SSSR count). The molecule has 5 nitrogen and oxygen atoms in total. The molecule has 0 radical (unpaired) electrons. The van der Waals surface area contributed by atoms with E-state index in [0.717, 1.165) is 48.1 Å². The summed E-state index contributed by atoms with van der Waals surface area (Å²) in [5.74, 6) is -1.29. The zero-order valence-electron chi connectivity index (χ0n) is 15.7. The molecule has 28 heavy (non-hydrogen) atoms. The first-order valence-electron chi connectivity index (χ1n) is 9.38. The molecule has 1 aliphatic heterocycles. The van der Waals surface area contributed by atoms with E-state index in [9.17, 15) is 14.3 Å². The highest BCUT2D eigenvalue weighted by Gasteiger charge is 2.20. The van der Waals surface area contributed by atoms with Crippen LogP contribution in [0.5, 0.6) is 0 Å². The van der Waals surface area contributed by atoms with E-state index < -0.39 is 5.97 Å². The maximum absolute atomic E-state index is 13.5. The highest BCUT2D eigenvalue weighted by molar-refractivity contribution is 6.03. The van der Waals surface area contributed by atoms with Crippen molar-refractivity contribution in [1.29, 1.82) is 0 Å². The Kier molecular flexibility index (Phi) is 4.96. The minimum atomic E-state index is -0.986. The first-order chi connectivity index (χ1) is 13.5. The number of pyridine rings is 1. The maximum atomic E-state index is 13.5. The standard InChI is InChI=1S/C22H22FN3O2/c1-26-10-8-17(9-11-26)25-20-13-24-19-7-4-15(22(27)28)12-18(19)21(20)14-2-5-16(23)6-3-14/h2-7,12-13,17,25H,8-11H2,1H3,(H,27,28). The van der Waals surface area contributed by atoms with Gasteiger partial charge in [0.15, 0.2) is 0 Å². The second kappa shape index (κ2) is 7.56. The van der Waals surface area contributed by atoms with Crippen molar-refractivity contribution < 1.29 is 14.3 Å². The molecule has 2 N–H and O–H groups in total. The van der Waals surface area contributed by atoms with Crippen LogP contribution in [0.3, 0.4) is 0 Å². The monoisotopic (exact) mass is 379 g/mol. The number of anilines is 1. The van der Waals surface area contributed by atoms with Crippen molar-refractivity contribution in [3.63, 3.8) is 0 Å². The van der Waals surface area contributed by atoms with E-state index in [0.29, 0.717) is 11.6 Å². The summed E-state index contributed by atoms with van der Waals surface area (Å²) in [5.41, 5.74) is 3.43. The van der Waals surface area contributed by atoms with Gasteiger partial charge in [0.25, 0.3) is 0 Å². The lowest BCUT2D eigenvalue weighted by atomic mass is 9.97. The molecule has 1 fully saturated rings. The smallest absolute Gasteiger partial charge is 0.335 e. The fraction of sp³-hybridized carbons (Fsp3) is 0.273. The number of hydrogen-bond donors (Lipinski definition) is 2. The molecule has 0 unspecified atom stereocenters. The van der Waals surface area contributed by atoms with E-state index in [2.05, 4.69) is 22.2 Å². The zero-order valence-corrected chi connectivity index (χ0v) is 15.7. The predicted molar refractivity (Wildman–Crippen MR) is 108 cm³/mol. The minimum absolute atomic E-state index is 0.203. The molecule has 0 amide bonds. The van der Waals surface area contributed by atoms with Gasteiger partial charge in [0.05, 0.1) is 23.0 Å². The van der Waals surface area contributed by atoms with Gasteiger partial charge in [0.2, 0.25) is 0 Å². The van der Waals surface area contributed by atoms with E-state index in [1.807, 2.05) is 0 Å². The van der Waals surface area contributed by atoms with Gasteiger partial charge in [-0.3, -0.25) is 4.98 Å². The Morgan fingerprint density at radius 2 is 1.89 bits per heavy atom. The molecule has 0 saturated carbocycles. The van der Waals surface area contributed by atoms with Crippen LogP contribution in [0.15, 0.2) is 48.7 Å². The van der Waals surface area contributed by atoms with Gasteiger partial charge in [0.1, 0.15) is 5.82 Å². The predicted octanol–water partition coefficient (Wildman–Crippen LogP) is 4.25. The summed E-state index contributed by atoms with van der Waals surface area (Å²) in [5, 5.41) is 13.7. The summed E-state index contributed by atoms with van der Waals surface area (Å²) in [4.78, 5) is 18.3. The van der Waals surface area contributed by atoms with Gasteiger partial charge < -0.3 is 15.3 Å². The number of aromatic nitrogens is 1. The number of benzene rings is 2. The Morgan fingerprint density at radius 3 is 2.57 bits per heavy atom. The van der Waals surface area contributed by atoms with Crippen LogP contribution >= 0.6 is 0 Å². The van der Waals surface area contributed by atoms with Gasteiger partial charge in [-0.1, -0.05) is 12.1 Å². The summed E-state index contributed by atoms with van der Waals surface area (Å²) >= 11 is 0. The summed E-state index contributed by atoms with van der Waals surface area (Å²) in [6.07, 6.45) is 3.83. The third kappa shape index (κ3) is 3.68. The Morgan fingerprint density at radius 1 is 1.18 bits per heavy atom. The van der Waals surface area contributed by atoms with Gasteiger partial charge in [0, 0.05) is 17.0 Å². The Labute approximate surface area is 162 Å². The van der Waals surface area contributed by atoms with Crippen LogP contribution < -0.4 is 5.32 Å². The van der Waals surface area contributed by atoms with Crippen LogP contribution in [-0.4, -0.2) is 47.1 Å². The number of carbonyl (C=O) groups is 1. The number of rotatable bonds is 4. The summed E-state index contributed by atoms with van der Waals surface area (Å²) < 4.78 is 13.5. The third-order valence-corrected chi connectivity index (χ3v) is 5.33. The van der Waals surface area contributed by atoms with E-state index in [1.165, 1.54) is 12.1 Å². The lowest BCUT2D eigenvalue weighted by molar-refractivity contribution is 0.0697. The maximum Gasteiger partial charge on any atom is 0.335 e. The van der Waals surface area contributed by atoms with Gasteiger partial charge >= 0.3 is 5.97 Å². The van der Waals surface area contributed by atoms with Crippen LogP contribution in [0, 0.1) is 5.82 Å². The van der Waals surface area contributed by atoms with Crippen LogP contribution in [0.1, 0.15) is 23.2 Å². The van der Waals surface area contributed by atoms with Crippen molar-refractivity contribution in [2.24, 2.45) is 0 Å². The summed E-state index contributed by atoms with van der Waals surface area (Å²) in [7, 11) is 2.12. The summed E-state index contributed by atoms with van der Waals surface area (Å²) in [6.45, 7) is 2.04. The summed E-state index contributed by atoms with van der Waals surface area (Å²) in [6, 6.07) is 11.5. The number of carboxylic acid groups (broad SMARTS) is 1. The van der Waals surface area contributed by atoms with Crippen molar-refractivity contribution >= 4 is 22.6 Å². The second-order valence-electron chi connectivity index (χ2n) is 7.31. The third-order valence-electron chi connectivity index (χ3n) is 5.33. The molecule has 6 heteroatoms. The number of fused-ring (bicyclic) bond motifs is 1. The van der Waals surface area contributed by atoms with E-state index >= 15 is 0 Å². The number of halogens is 1. The highest BCUT2D eigenvalue weighted by Crippen LogP contribution is 2.36. The van der Waals surface area contributed by atoms with Crippen LogP contribution in [0.2, 0.25) is 0 Å². The Balaban J connectivity index is 1.84. The highest BCUT2D eigenvalue weighted by atomic mass is 19.1. The first-order valence-corrected chi connectivity index (χ1v) is 9.38. The molecule has 0 spiro atoms. The largest absolute Gasteiger partial charge is 0.478 e. The fourth-order valence-electron chi connectivity index (χ4n) is 3.74. The van der Waals surface area contributed by atoms with E-state index in [-0.39, 0.29) is 11.4 Å². The van der Waals surface area contributed by atoms with Crippen molar-refractivity contribution in [2.75, 3.05) is 25.5 Å². The quantitative estimate of drug-likeness (QED) is 0.710. The molecule has 3 aromatic rings. The van der Waals surface area contributed by atoms with Crippen LogP contribution in [0.4, 0.5) is 10.1 Å². The van der Waals surface area contributed by atoms with Crippen molar-refractivity contribution in [2.45, 2.75) is 18.9 Å². The van der Waals surface area contributed by atoms with Gasteiger partial charge in [-0.15, -0.1) is 0 Å². The van der Waals surface area contributed by atoms with E-state index in [4.69, 9.17) is 0 Å². The van der Waals surface area contributed by atoms with Crippen molar-refractivity contribution in [1.82, 2.24) is 9.88 Å². The Bertz CT molecular complexity index is 1010. The lowest BCUT2D eigenvalue weighted by Gasteiger charge is -2.31. The molecule has 2 heterocycles. The van der Waals surface area contributed by atoms with E-state index in [1.54, 1.807) is 36.5 Å². The van der Waals surface area contributed by atoms with Crippen molar-refractivity contribution in [3.8, 4) is 11.1 Å². The average molecular weight is 379 g/mol. The SMILES string of the molecule is CN1CCC(Nc2cnc3ccc(C(=O)O)cc3c2-c2ccc(F)cc2)CC1. The number of piperidine rings is 1. The van der Waals surface area contributed by atoms with Gasteiger partial charge in [-0.05, 0) is 68.9 Å². The molecule has 1 aliphatic rings. The van der Waals surface area contributed by atoms with Gasteiger partial charge in [-0.2, -0.15) is 0 Å². The zero-order chi connectivity index (χ0) is 19.7. The topological polar surface area (TPSA) is 65.5 Å². The Hall–Kier alpha value is -2.99. The fourth-order valence-corrected chi connectivity index (χ4v) is 3.74. The molecule has 0 bridgehead atoms. The number of hydrogen-bond acceptors (Lipinski definition) is 4. The van der Waals surface area contributed by atoms with Crippen LogP contribution in [-0.2, 0) is 0 Å². The molecule has 1 saturated heterocycles. The number of carboxylic acids is 1. The van der Waals surface area contributed by atoms with Crippen molar-refractivity contribution in [3.05, 3.63) is 60.0 Å². The minimum Gasteiger partial charge on any atom is -0.478 e. The molecule has 2 aromatic carbocycles. The number of nitrogens with one attached hydrogen (secondary N) is 1. The number of aromatic carboxylic acids is 1. The average Bonchev–Trinajstić information content (AvgIpc) is 2.70. The van der Waals surface area contributed by atoms with Gasteiger partial charge in [-0.25, -0.2) is 9.18 Å². The molecular formula is C22H22FN3O2. The molecule has 0 aliphatic carbocycles. The molecule has 144 valence electrons. The number of likely N-dealkylation sites (tertiary alicyclic amines) is 1. The number of nitrogens with zero attached hydrogens (tertiary/aromatic N) is 2. The van der Waals surface area contributed by atoms with Crippen LogP contribution in [0.25, 0.3) is 22.0 Å². The molecular weight excluding hydrogens is 357 g/mol. The lowest BCUT2D eigenvalue weighted by Crippen LogP contribution is -2.36.